The molecular formula is C24H36O4. The van der Waals surface area contributed by atoms with Gasteiger partial charge in [0.2, 0.25) is 0 Å². The number of ketones is 2. The number of unbranched alkanes of at least 4 members (excludes halogenated alkanes) is 1. The predicted molar refractivity (Wildman–Crippen MR) is 112 cm³/mol. The van der Waals surface area contributed by atoms with Crippen LogP contribution in [0.2, 0.25) is 0 Å². The van der Waals surface area contributed by atoms with Gasteiger partial charge in [-0.2, -0.15) is 0 Å². The van der Waals surface area contributed by atoms with Gasteiger partial charge < -0.3 is 10.2 Å². The van der Waals surface area contributed by atoms with Gasteiger partial charge in [-0.25, -0.2) is 0 Å². The first kappa shape index (κ1) is 22.8. The number of hydrogen-bond donors (Lipinski definition) is 2. The van der Waals surface area contributed by atoms with Gasteiger partial charge >= 0.3 is 0 Å². The number of aliphatic hydroxyl groups is 2. The molecule has 3 atom stereocenters. The molecule has 0 saturated heterocycles. The monoisotopic (exact) mass is 388 g/mol. The molecule has 156 valence electrons. The lowest BCUT2D eigenvalue weighted by Crippen LogP contribution is -2.28. The van der Waals surface area contributed by atoms with Crippen LogP contribution in [0.15, 0.2) is 36.5 Å². The lowest BCUT2D eigenvalue weighted by Gasteiger charge is -2.41. The molecule has 0 aliphatic heterocycles. The van der Waals surface area contributed by atoms with Gasteiger partial charge in [0.25, 0.3) is 0 Å². The fourth-order valence-electron chi connectivity index (χ4n) is 4.27. The van der Waals surface area contributed by atoms with E-state index in [-0.39, 0.29) is 17.6 Å². The average Bonchev–Trinajstić information content (AvgIpc) is 3.01. The number of carbonyl (C=O) groups is 2. The zero-order chi connectivity index (χ0) is 20.4. The Morgan fingerprint density at radius 2 is 2.11 bits per heavy atom. The van der Waals surface area contributed by atoms with Crippen LogP contribution in [0, 0.1) is 17.3 Å². The van der Waals surface area contributed by atoms with Crippen LogP contribution >= 0.6 is 0 Å². The average molecular weight is 389 g/mol. The summed E-state index contributed by atoms with van der Waals surface area (Å²) in [5.74, 6) is -0.234. The Morgan fingerprint density at radius 1 is 1.32 bits per heavy atom. The molecule has 4 heteroatoms. The highest BCUT2D eigenvalue weighted by Gasteiger charge is 2.35. The van der Waals surface area contributed by atoms with Crippen molar-refractivity contribution in [1.82, 2.24) is 0 Å². The Labute approximate surface area is 169 Å². The second-order valence-electron chi connectivity index (χ2n) is 8.46. The number of hydrogen-bond acceptors (Lipinski definition) is 4. The molecule has 2 N–H and O–H groups in total. The molecule has 0 heterocycles. The fourth-order valence-corrected chi connectivity index (χ4v) is 4.27. The van der Waals surface area contributed by atoms with E-state index < -0.39 is 18.5 Å². The first-order valence-corrected chi connectivity index (χ1v) is 10.9. The second kappa shape index (κ2) is 11.5. The van der Waals surface area contributed by atoms with Crippen molar-refractivity contribution >= 4 is 11.6 Å². The van der Waals surface area contributed by atoms with E-state index in [1.165, 1.54) is 38.5 Å². The van der Waals surface area contributed by atoms with Crippen molar-refractivity contribution < 1.29 is 19.8 Å². The Hall–Kier alpha value is -1.52. The van der Waals surface area contributed by atoms with Gasteiger partial charge in [-0.05, 0) is 56.4 Å². The first-order chi connectivity index (χ1) is 13.5. The standard InChI is InChI=1S/C24H36O4/c1-2-3-14-24(16-8-17-24)15-7-9-19-12-13-21(26)20(19)10-5-4-6-11-22(27)23(28)18-25/h4-5,7,9,12-13,19-20,22,25,27H,2-3,6,8,10-11,14-18H2,1H3/b5-4-,9-7+/t19-,20+,22?/m0/s1. The number of rotatable bonds is 13. The maximum Gasteiger partial charge on any atom is 0.186 e. The highest BCUT2D eigenvalue weighted by atomic mass is 16.3. The molecule has 0 aromatic carbocycles. The van der Waals surface area contributed by atoms with Gasteiger partial charge in [0, 0.05) is 11.8 Å². The van der Waals surface area contributed by atoms with Gasteiger partial charge in [0.15, 0.2) is 11.6 Å². The van der Waals surface area contributed by atoms with E-state index in [0.717, 1.165) is 6.42 Å². The number of Topliss-reactive ketones (excluding diaryl/α,β-unsaturated/α-hetero) is 1. The van der Waals surface area contributed by atoms with Gasteiger partial charge in [0.1, 0.15) is 12.7 Å². The molecule has 1 fully saturated rings. The van der Waals surface area contributed by atoms with Crippen LogP contribution in [0.5, 0.6) is 0 Å². The summed E-state index contributed by atoms with van der Waals surface area (Å²) in [6, 6.07) is 0. The van der Waals surface area contributed by atoms with Crippen LogP contribution < -0.4 is 0 Å². The van der Waals surface area contributed by atoms with E-state index in [0.29, 0.717) is 24.7 Å². The van der Waals surface area contributed by atoms with E-state index in [9.17, 15) is 14.7 Å². The van der Waals surface area contributed by atoms with Crippen molar-refractivity contribution in [2.24, 2.45) is 17.3 Å². The molecule has 2 aliphatic rings. The van der Waals surface area contributed by atoms with E-state index in [1.54, 1.807) is 6.08 Å². The third-order valence-electron chi connectivity index (χ3n) is 6.39. The minimum Gasteiger partial charge on any atom is -0.388 e. The summed E-state index contributed by atoms with van der Waals surface area (Å²) in [7, 11) is 0. The van der Waals surface area contributed by atoms with Gasteiger partial charge in [-0.3, -0.25) is 9.59 Å². The van der Waals surface area contributed by atoms with E-state index in [2.05, 4.69) is 19.1 Å². The van der Waals surface area contributed by atoms with Crippen molar-refractivity contribution in [2.45, 2.75) is 77.2 Å². The van der Waals surface area contributed by atoms with Crippen LogP contribution in [-0.2, 0) is 9.59 Å². The molecule has 0 radical (unpaired) electrons. The molecular weight excluding hydrogens is 352 g/mol. The van der Waals surface area contributed by atoms with Gasteiger partial charge in [-0.1, -0.05) is 56.6 Å². The molecule has 1 saturated carbocycles. The van der Waals surface area contributed by atoms with Crippen LogP contribution in [-0.4, -0.2) is 34.5 Å². The first-order valence-electron chi connectivity index (χ1n) is 10.9. The molecule has 1 unspecified atom stereocenters. The van der Waals surface area contributed by atoms with Crippen LogP contribution in [0.4, 0.5) is 0 Å². The Morgan fingerprint density at radius 3 is 2.75 bits per heavy atom. The SMILES string of the molecule is CCCCC1(C/C=C/[C@H]2C=CC(=O)[C@@H]2C/C=C\CCC(O)C(=O)CO)CCC1. The summed E-state index contributed by atoms with van der Waals surface area (Å²) in [6.45, 7) is 1.63. The molecule has 0 spiro atoms. The van der Waals surface area contributed by atoms with E-state index in [4.69, 9.17) is 5.11 Å². The molecule has 0 aromatic heterocycles. The van der Waals surface area contributed by atoms with Crippen molar-refractivity contribution in [3.05, 3.63) is 36.5 Å². The van der Waals surface area contributed by atoms with Gasteiger partial charge in [-0.15, -0.1) is 0 Å². The quantitative estimate of drug-likeness (QED) is 0.461. The van der Waals surface area contributed by atoms with E-state index in [1.807, 2.05) is 18.2 Å². The molecule has 0 aromatic rings. The fraction of sp³-hybridized carbons (Fsp3) is 0.667. The van der Waals surface area contributed by atoms with Crippen molar-refractivity contribution in [2.75, 3.05) is 6.61 Å². The number of carbonyl (C=O) groups excluding carboxylic acids is 2. The van der Waals surface area contributed by atoms with Crippen LogP contribution in [0.25, 0.3) is 0 Å². The summed E-state index contributed by atoms with van der Waals surface area (Å²) < 4.78 is 0. The maximum absolute atomic E-state index is 12.2. The summed E-state index contributed by atoms with van der Waals surface area (Å²) in [5, 5.41) is 18.3. The smallest absolute Gasteiger partial charge is 0.186 e. The largest absolute Gasteiger partial charge is 0.388 e. The third-order valence-corrected chi connectivity index (χ3v) is 6.39. The summed E-state index contributed by atoms with van der Waals surface area (Å²) >= 11 is 0. The predicted octanol–water partition coefficient (Wildman–Crippen LogP) is 4.31. The third kappa shape index (κ3) is 6.52. The Bertz CT molecular complexity index is 598. The van der Waals surface area contributed by atoms with Gasteiger partial charge in [0.05, 0.1) is 0 Å². The zero-order valence-electron chi connectivity index (χ0n) is 17.2. The summed E-state index contributed by atoms with van der Waals surface area (Å²) in [4.78, 5) is 23.3. The minimum absolute atomic E-state index is 0.0375. The van der Waals surface area contributed by atoms with Crippen LogP contribution in [0.3, 0.4) is 0 Å². The lowest BCUT2D eigenvalue weighted by molar-refractivity contribution is -0.130. The Balaban J connectivity index is 1.78. The van der Waals surface area contributed by atoms with Crippen molar-refractivity contribution in [3.63, 3.8) is 0 Å². The molecule has 28 heavy (non-hydrogen) atoms. The summed E-state index contributed by atoms with van der Waals surface area (Å²) in [6.07, 6.45) is 21.6. The number of aliphatic hydroxyl groups excluding tert-OH is 2. The normalized spacial score (nSPS) is 24.9. The van der Waals surface area contributed by atoms with Crippen molar-refractivity contribution in [3.8, 4) is 0 Å². The molecule has 2 rings (SSSR count). The topological polar surface area (TPSA) is 74.6 Å². The van der Waals surface area contributed by atoms with Crippen LogP contribution in [0.1, 0.15) is 71.1 Å². The highest BCUT2D eigenvalue weighted by molar-refractivity contribution is 5.95. The molecule has 0 amide bonds. The summed E-state index contributed by atoms with van der Waals surface area (Å²) in [5.41, 5.74) is 0.515. The molecule has 2 aliphatic carbocycles. The number of allylic oxidation sites excluding steroid dienone is 6. The van der Waals surface area contributed by atoms with E-state index >= 15 is 0 Å². The van der Waals surface area contributed by atoms with Crippen molar-refractivity contribution in [1.29, 1.82) is 0 Å². The Kier molecular flexibility index (Phi) is 9.33. The maximum atomic E-state index is 12.2. The molecule has 4 nitrogen and oxygen atoms in total. The highest BCUT2D eigenvalue weighted by Crippen LogP contribution is 2.48. The molecule has 0 bridgehead atoms. The zero-order valence-corrected chi connectivity index (χ0v) is 17.2. The second-order valence-corrected chi connectivity index (χ2v) is 8.46. The minimum atomic E-state index is -1.10. The lowest BCUT2D eigenvalue weighted by atomic mass is 9.64.